The molecule has 0 radical (unpaired) electrons. The zero-order valence-corrected chi connectivity index (χ0v) is 10.9. The first kappa shape index (κ1) is 14.7. The van der Waals surface area contributed by atoms with Crippen LogP contribution in [0.15, 0.2) is 21.6 Å². The second kappa shape index (κ2) is 5.98. The molecule has 0 aromatic carbocycles. The summed E-state index contributed by atoms with van der Waals surface area (Å²) in [6.07, 6.45) is 0.502. The largest absolute Gasteiger partial charge is 0.475 e. The maximum Gasteiger partial charge on any atom is 0.371 e. The second-order valence-electron chi connectivity index (χ2n) is 3.73. The SMILES string of the molecule is COCCC(C)NS(=O)(=O)c1ccc(C(=O)O)o1. The third kappa shape index (κ3) is 3.83. The number of hydrogen-bond acceptors (Lipinski definition) is 5. The van der Waals surface area contributed by atoms with E-state index >= 15 is 0 Å². The van der Waals surface area contributed by atoms with Gasteiger partial charge in [-0.25, -0.2) is 17.9 Å². The average molecular weight is 277 g/mol. The minimum absolute atomic E-state index is 0.340. The van der Waals surface area contributed by atoms with E-state index in [1.807, 2.05) is 0 Å². The van der Waals surface area contributed by atoms with E-state index in [1.165, 1.54) is 7.11 Å². The van der Waals surface area contributed by atoms with Crippen LogP contribution in [0.4, 0.5) is 0 Å². The van der Waals surface area contributed by atoms with Gasteiger partial charge in [0.15, 0.2) is 0 Å². The van der Waals surface area contributed by atoms with Crippen LogP contribution in [0.25, 0.3) is 0 Å². The molecule has 0 aliphatic heterocycles. The van der Waals surface area contributed by atoms with Gasteiger partial charge >= 0.3 is 5.97 Å². The van der Waals surface area contributed by atoms with E-state index in [0.717, 1.165) is 12.1 Å². The fraction of sp³-hybridized carbons (Fsp3) is 0.500. The molecule has 0 aliphatic carbocycles. The number of aromatic carboxylic acids is 1. The third-order valence-corrected chi connectivity index (χ3v) is 3.63. The van der Waals surface area contributed by atoms with Crippen molar-refractivity contribution in [1.29, 1.82) is 0 Å². The van der Waals surface area contributed by atoms with Crippen molar-refractivity contribution in [3.63, 3.8) is 0 Å². The number of furan rings is 1. The zero-order valence-electron chi connectivity index (χ0n) is 10.0. The van der Waals surface area contributed by atoms with Crippen LogP contribution in [0.3, 0.4) is 0 Å². The van der Waals surface area contributed by atoms with Crippen LogP contribution in [-0.4, -0.2) is 39.3 Å². The number of ether oxygens (including phenoxy) is 1. The van der Waals surface area contributed by atoms with Crippen LogP contribution in [0.2, 0.25) is 0 Å². The van der Waals surface area contributed by atoms with Gasteiger partial charge in [-0.05, 0) is 25.5 Å². The van der Waals surface area contributed by atoms with Crippen molar-refractivity contribution in [1.82, 2.24) is 4.72 Å². The Labute approximate surface area is 105 Å². The summed E-state index contributed by atoms with van der Waals surface area (Å²) in [5.41, 5.74) is 0. The van der Waals surface area contributed by atoms with Crippen molar-refractivity contribution in [3.05, 3.63) is 17.9 Å². The molecule has 1 heterocycles. The van der Waals surface area contributed by atoms with E-state index < -0.39 is 26.8 Å². The molecule has 1 unspecified atom stereocenters. The molecule has 0 saturated carbocycles. The molecule has 0 bridgehead atoms. The van der Waals surface area contributed by atoms with E-state index in [1.54, 1.807) is 6.92 Å². The Morgan fingerprint density at radius 2 is 2.22 bits per heavy atom. The summed E-state index contributed by atoms with van der Waals surface area (Å²) >= 11 is 0. The normalized spacial score (nSPS) is 13.4. The molecular weight excluding hydrogens is 262 g/mol. The topological polar surface area (TPSA) is 106 Å². The second-order valence-corrected chi connectivity index (χ2v) is 5.37. The summed E-state index contributed by atoms with van der Waals surface area (Å²) in [5.74, 6) is -1.73. The third-order valence-electron chi connectivity index (χ3n) is 2.17. The van der Waals surface area contributed by atoms with Gasteiger partial charge in [0.25, 0.3) is 10.0 Å². The standard InChI is InChI=1S/C10H15NO6S/c1-7(5-6-16-2)11-18(14,15)9-4-3-8(17-9)10(12)13/h3-4,7,11H,5-6H2,1-2H3,(H,12,13). The number of methoxy groups -OCH3 is 1. The molecule has 2 N–H and O–H groups in total. The Morgan fingerprint density at radius 1 is 1.56 bits per heavy atom. The minimum atomic E-state index is -3.84. The lowest BCUT2D eigenvalue weighted by atomic mass is 10.3. The highest BCUT2D eigenvalue weighted by molar-refractivity contribution is 7.89. The Balaban J connectivity index is 2.76. The molecule has 1 atom stereocenters. The van der Waals surface area contributed by atoms with Crippen molar-refractivity contribution >= 4 is 16.0 Å². The summed E-state index contributed by atoms with van der Waals surface area (Å²) in [6, 6.07) is 1.86. The molecule has 0 saturated heterocycles. The van der Waals surface area contributed by atoms with Crippen LogP contribution in [0.5, 0.6) is 0 Å². The van der Waals surface area contributed by atoms with Gasteiger partial charge in [-0.2, -0.15) is 0 Å². The summed E-state index contributed by atoms with van der Waals surface area (Å²) in [5, 5.41) is 8.22. The first-order chi connectivity index (χ1) is 8.36. The van der Waals surface area contributed by atoms with Crippen molar-refractivity contribution in [3.8, 4) is 0 Å². The van der Waals surface area contributed by atoms with Crippen molar-refractivity contribution in [2.24, 2.45) is 0 Å². The van der Waals surface area contributed by atoms with Crippen LogP contribution in [0, 0.1) is 0 Å². The Hall–Kier alpha value is -1.38. The van der Waals surface area contributed by atoms with Crippen LogP contribution >= 0.6 is 0 Å². The zero-order chi connectivity index (χ0) is 13.8. The first-order valence-corrected chi connectivity index (χ1v) is 6.69. The lowest BCUT2D eigenvalue weighted by Crippen LogP contribution is -2.33. The van der Waals surface area contributed by atoms with Gasteiger partial charge in [-0.3, -0.25) is 0 Å². The van der Waals surface area contributed by atoms with Crippen molar-refractivity contribution < 1.29 is 27.5 Å². The minimum Gasteiger partial charge on any atom is -0.475 e. The number of sulfonamides is 1. The monoisotopic (exact) mass is 277 g/mol. The number of nitrogens with one attached hydrogen (secondary N) is 1. The Morgan fingerprint density at radius 3 is 2.72 bits per heavy atom. The molecule has 7 nitrogen and oxygen atoms in total. The van der Waals surface area contributed by atoms with E-state index in [0.29, 0.717) is 13.0 Å². The number of carbonyl (C=O) groups is 1. The van der Waals surface area contributed by atoms with Crippen molar-refractivity contribution in [2.45, 2.75) is 24.5 Å². The van der Waals surface area contributed by atoms with E-state index in [4.69, 9.17) is 14.3 Å². The smallest absolute Gasteiger partial charge is 0.371 e. The van der Waals surface area contributed by atoms with Gasteiger partial charge in [0.2, 0.25) is 10.9 Å². The molecule has 8 heteroatoms. The summed E-state index contributed by atoms with van der Waals surface area (Å²) < 4.78 is 35.5. The highest BCUT2D eigenvalue weighted by Crippen LogP contribution is 2.14. The quantitative estimate of drug-likeness (QED) is 0.759. The summed E-state index contributed by atoms with van der Waals surface area (Å²) in [7, 11) is -2.32. The van der Waals surface area contributed by atoms with Crippen LogP contribution < -0.4 is 4.72 Å². The van der Waals surface area contributed by atoms with Crippen molar-refractivity contribution in [2.75, 3.05) is 13.7 Å². The van der Waals surface area contributed by atoms with E-state index in [-0.39, 0.29) is 6.04 Å². The Kier molecular flexibility index (Phi) is 4.88. The predicted molar refractivity (Wildman–Crippen MR) is 61.9 cm³/mol. The molecule has 1 aromatic heterocycles. The van der Waals surface area contributed by atoms with Gasteiger partial charge in [0.05, 0.1) is 0 Å². The molecular formula is C10H15NO6S. The van der Waals surface area contributed by atoms with Gasteiger partial charge in [-0.1, -0.05) is 0 Å². The highest BCUT2D eigenvalue weighted by atomic mass is 32.2. The van der Waals surface area contributed by atoms with Gasteiger partial charge in [0, 0.05) is 19.8 Å². The maximum absolute atomic E-state index is 11.8. The van der Waals surface area contributed by atoms with Crippen LogP contribution in [-0.2, 0) is 14.8 Å². The lowest BCUT2D eigenvalue weighted by Gasteiger charge is -2.11. The first-order valence-electron chi connectivity index (χ1n) is 5.21. The molecule has 0 amide bonds. The number of rotatable bonds is 7. The van der Waals surface area contributed by atoms with Gasteiger partial charge in [0.1, 0.15) is 0 Å². The molecule has 1 aromatic rings. The molecule has 0 spiro atoms. The van der Waals surface area contributed by atoms with Gasteiger partial charge < -0.3 is 14.3 Å². The average Bonchev–Trinajstić information content (AvgIpc) is 2.75. The number of carboxylic acids is 1. The summed E-state index contributed by atoms with van der Waals surface area (Å²) in [4.78, 5) is 10.6. The lowest BCUT2D eigenvalue weighted by molar-refractivity contribution is 0.0656. The summed E-state index contributed by atoms with van der Waals surface area (Å²) in [6.45, 7) is 2.10. The fourth-order valence-corrected chi connectivity index (χ4v) is 2.47. The maximum atomic E-state index is 11.8. The molecule has 1 rings (SSSR count). The number of carboxylic acid groups (broad SMARTS) is 1. The van der Waals surface area contributed by atoms with E-state index in [2.05, 4.69) is 4.72 Å². The molecule has 0 aliphatic rings. The van der Waals surface area contributed by atoms with Gasteiger partial charge in [-0.15, -0.1) is 0 Å². The molecule has 18 heavy (non-hydrogen) atoms. The highest BCUT2D eigenvalue weighted by Gasteiger charge is 2.22. The number of hydrogen-bond donors (Lipinski definition) is 2. The fourth-order valence-electron chi connectivity index (χ4n) is 1.26. The predicted octanol–water partition coefficient (Wildman–Crippen LogP) is 0.681. The molecule has 0 fully saturated rings. The van der Waals surface area contributed by atoms with E-state index in [9.17, 15) is 13.2 Å². The van der Waals surface area contributed by atoms with Crippen LogP contribution in [0.1, 0.15) is 23.9 Å². The molecule has 102 valence electrons. The Bertz CT molecular complexity index is 506.